The van der Waals surface area contributed by atoms with E-state index in [0.717, 1.165) is 11.3 Å². The van der Waals surface area contributed by atoms with Crippen LogP contribution < -0.4 is 4.74 Å². The molecule has 19 heavy (non-hydrogen) atoms. The molecular formula is C15H17NO3. The highest BCUT2D eigenvalue weighted by molar-refractivity contribution is 5.87. The number of hydrogen-bond acceptors (Lipinski definition) is 3. The Hall–Kier alpha value is -2.23. The molecule has 0 N–H and O–H groups in total. The SMILES string of the molecule is Cc1ccccc1OCCOC(=O)c1cccn1C. The number of ether oxygens (including phenoxy) is 2. The predicted molar refractivity (Wildman–Crippen MR) is 72.4 cm³/mol. The third-order valence-corrected chi connectivity index (χ3v) is 2.82. The van der Waals surface area contributed by atoms with Crippen molar-refractivity contribution >= 4 is 5.97 Å². The van der Waals surface area contributed by atoms with Crippen molar-refractivity contribution in [3.8, 4) is 5.75 Å². The number of rotatable bonds is 5. The highest BCUT2D eigenvalue weighted by Gasteiger charge is 2.09. The quantitative estimate of drug-likeness (QED) is 0.612. The fraction of sp³-hybridized carbons (Fsp3) is 0.267. The van der Waals surface area contributed by atoms with Crippen LogP contribution in [0.25, 0.3) is 0 Å². The Kier molecular flexibility index (Phi) is 4.23. The lowest BCUT2D eigenvalue weighted by Gasteiger charge is -2.09. The summed E-state index contributed by atoms with van der Waals surface area (Å²) in [5.41, 5.74) is 1.60. The largest absolute Gasteiger partial charge is 0.490 e. The summed E-state index contributed by atoms with van der Waals surface area (Å²) in [5.74, 6) is 0.485. The van der Waals surface area contributed by atoms with Crippen LogP contribution in [0.5, 0.6) is 5.75 Å². The molecule has 0 saturated heterocycles. The number of para-hydroxylation sites is 1. The Bertz CT molecular complexity index is 560. The summed E-state index contributed by atoms with van der Waals surface area (Å²) < 4.78 is 12.4. The number of aromatic nitrogens is 1. The van der Waals surface area contributed by atoms with Gasteiger partial charge in [0.25, 0.3) is 0 Å². The van der Waals surface area contributed by atoms with Crippen LogP contribution in [-0.2, 0) is 11.8 Å². The third-order valence-electron chi connectivity index (χ3n) is 2.82. The Balaban J connectivity index is 1.77. The van der Waals surface area contributed by atoms with Crippen molar-refractivity contribution in [2.75, 3.05) is 13.2 Å². The summed E-state index contributed by atoms with van der Waals surface area (Å²) in [7, 11) is 1.81. The fourth-order valence-electron chi connectivity index (χ4n) is 1.75. The smallest absolute Gasteiger partial charge is 0.355 e. The summed E-state index contributed by atoms with van der Waals surface area (Å²) in [6.45, 7) is 2.56. The second-order valence-corrected chi connectivity index (χ2v) is 4.25. The average molecular weight is 259 g/mol. The second-order valence-electron chi connectivity index (χ2n) is 4.25. The lowest BCUT2D eigenvalue weighted by Crippen LogP contribution is -2.14. The van der Waals surface area contributed by atoms with Gasteiger partial charge in [0.2, 0.25) is 0 Å². The number of carbonyl (C=O) groups excluding carboxylic acids is 1. The summed E-state index contributed by atoms with van der Waals surface area (Å²) in [4.78, 5) is 11.7. The molecule has 0 amide bonds. The molecule has 1 aromatic carbocycles. The van der Waals surface area contributed by atoms with E-state index in [0.29, 0.717) is 12.3 Å². The molecule has 2 aromatic rings. The van der Waals surface area contributed by atoms with Crippen LogP contribution in [0, 0.1) is 6.92 Å². The van der Waals surface area contributed by atoms with Crippen molar-refractivity contribution in [2.24, 2.45) is 7.05 Å². The van der Waals surface area contributed by atoms with Crippen LogP contribution in [-0.4, -0.2) is 23.8 Å². The van der Waals surface area contributed by atoms with E-state index in [1.165, 1.54) is 0 Å². The zero-order valence-corrected chi connectivity index (χ0v) is 11.1. The first-order chi connectivity index (χ1) is 9.18. The monoisotopic (exact) mass is 259 g/mol. The molecule has 1 aromatic heterocycles. The van der Waals surface area contributed by atoms with Gasteiger partial charge in [0, 0.05) is 13.2 Å². The summed E-state index contributed by atoms with van der Waals surface area (Å²) >= 11 is 0. The molecule has 0 unspecified atom stereocenters. The van der Waals surface area contributed by atoms with E-state index >= 15 is 0 Å². The Morgan fingerprint density at radius 2 is 1.95 bits per heavy atom. The van der Waals surface area contributed by atoms with Crippen LogP contribution in [0.1, 0.15) is 16.1 Å². The van der Waals surface area contributed by atoms with Crippen LogP contribution in [0.2, 0.25) is 0 Å². The number of hydrogen-bond donors (Lipinski definition) is 0. The van der Waals surface area contributed by atoms with E-state index in [9.17, 15) is 4.79 Å². The van der Waals surface area contributed by atoms with Gasteiger partial charge in [0.15, 0.2) is 0 Å². The molecule has 0 radical (unpaired) electrons. The molecule has 4 nitrogen and oxygen atoms in total. The molecule has 2 rings (SSSR count). The molecule has 0 aliphatic rings. The maximum atomic E-state index is 11.7. The normalized spacial score (nSPS) is 10.2. The number of benzene rings is 1. The molecule has 4 heteroatoms. The van der Waals surface area contributed by atoms with Crippen LogP contribution in [0.4, 0.5) is 0 Å². The zero-order chi connectivity index (χ0) is 13.7. The number of nitrogens with zero attached hydrogens (tertiary/aromatic N) is 1. The number of carbonyl (C=O) groups is 1. The van der Waals surface area contributed by atoms with Crippen molar-refractivity contribution in [2.45, 2.75) is 6.92 Å². The van der Waals surface area contributed by atoms with Gasteiger partial charge < -0.3 is 14.0 Å². The molecule has 0 aliphatic carbocycles. The van der Waals surface area contributed by atoms with Gasteiger partial charge in [-0.25, -0.2) is 4.79 Å². The van der Waals surface area contributed by atoms with Crippen LogP contribution >= 0.6 is 0 Å². The minimum Gasteiger partial charge on any atom is -0.490 e. The Morgan fingerprint density at radius 1 is 1.16 bits per heavy atom. The zero-order valence-electron chi connectivity index (χ0n) is 11.1. The lowest BCUT2D eigenvalue weighted by atomic mass is 10.2. The maximum absolute atomic E-state index is 11.7. The third kappa shape index (κ3) is 3.37. The molecule has 0 aliphatic heterocycles. The molecule has 0 bridgehead atoms. The van der Waals surface area contributed by atoms with Crippen molar-refractivity contribution < 1.29 is 14.3 Å². The molecule has 100 valence electrons. The van der Waals surface area contributed by atoms with Crippen molar-refractivity contribution in [1.82, 2.24) is 4.57 Å². The summed E-state index contributed by atoms with van der Waals surface area (Å²) in [6, 6.07) is 11.3. The molecule has 0 spiro atoms. The lowest BCUT2D eigenvalue weighted by molar-refractivity contribution is 0.0439. The first-order valence-corrected chi connectivity index (χ1v) is 6.15. The maximum Gasteiger partial charge on any atom is 0.355 e. The van der Waals surface area contributed by atoms with Gasteiger partial charge in [0.1, 0.15) is 24.7 Å². The van der Waals surface area contributed by atoms with Gasteiger partial charge in [-0.05, 0) is 30.7 Å². The van der Waals surface area contributed by atoms with Crippen LogP contribution in [0.3, 0.4) is 0 Å². The highest BCUT2D eigenvalue weighted by atomic mass is 16.6. The molecule has 0 saturated carbocycles. The van der Waals surface area contributed by atoms with Crippen molar-refractivity contribution in [3.63, 3.8) is 0 Å². The van der Waals surface area contributed by atoms with E-state index in [-0.39, 0.29) is 12.6 Å². The van der Waals surface area contributed by atoms with Gasteiger partial charge in [-0.3, -0.25) is 0 Å². The standard InChI is InChI=1S/C15H17NO3/c1-12-6-3-4-8-14(12)18-10-11-19-15(17)13-7-5-9-16(13)2/h3-9H,10-11H2,1-2H3. The van der Waals surface area contributed by atoms with Crippen LogP contribution in [0.15, 0.2) is 42.6 Å². The minimum atomic E-state index is -0.333. The number of aryl methyl sites for hydroxylation is 2. The van der Waals surface area contributed by atoms with Crippen molar-refractivity contribution in [3.05, 3.63) is 53.9 Å². The second kappa shape index (κ2) is 6.09. The van der Waals surface area contributed by atoms with E-state index in [1.807, 2.05) is 31.2 Å². The molecule has 0 atom stereocenters. The average Bonchev–Trinajstić information content (AvgIpc) is 2.82. The van der Waals surface area contributed by atoms with E-state index in [1.54, 1.807) is 29.9 Å². The van der Waals surface area contributed by atoms with Gasteiger partial charge in [-0.1, -0.05) is 18.2 Å². The first kappa shape index (κ1) is 13.2. The molecule has 0 fully saturated rings. The van der Waals surface area contributed by atoms with Gasteiger partial charge in [0.05, 0.1) is 0 Å². The fourth-order valence-corrected chi connectivity index (χ4v) is 1.75. The van der Waals surface area contributed by atoms with Gasteiger partial charge in [-0.15, -0.1) is 0 Å². The minimum absolute atomic E-state index is 0.234. The Labute approximate surface area is 112 Å². The molecule has 1 heterocycles. The van der Waals surface area contributed by atoms with E-state index in [4.69, 9.17) is 9.47 Å². The Morgan fingerprint density at radius 3 is 2.63 bits per heavy atom. The number of esters is 1. The van der Waals surface area contributed by atoms with Gasteiger partial charge >= 0.3 is 5.97 Å². The van der Waals surface area contributed by atoms with E-state index in [2.05, 4.69) is 0 Å². The predicted octanol–water partition coefficient (Wildman–Crippen LogP) is 2.57. The summed E-state index contributed by atoms with van der Waals surface area (Å²) in [6.07, 6.45) is 1.81. The highest BCUT2D eigenvalue weighted by Crippen LogP contribution is 2.15. The molecular weight excluding hydrogens is 242 g/mol. The van der Waals surface area contributed by atoms with Gasteiger partial charge in [-0.2, -0.15) is 0 Å². The van der Waals surface area contributed by atoms with E-state index < -0.39 is 0 Å². The topological polar surface area (TPSA) is 40.5 Å². The van der Waals surface area contributed by atoms with Crippen molar-refractivity contribution in [1.29, 1.82) is 0 Å². The summed E-state index contributed by atoms with van der Waals surface area (Å²) in [5, 5.41) is 0. The first-order valence-electron chi connectivity index (χ1n) is 6.15.